The van der Waals surface area contributed by atoms with E-state index < -0.39 is 0 Å². The van der Waals surface area contributed by atoms with Crippen LogP contribution in [0.15, 0.2) is 18.2 Å². The molecule has 1 heterocycles. The normalized spacial score (nSPS) is 23.9. The van der Waals surface area contributed by atoms with E-state index in [0.717, 1.165) is 64.1 Å². The molecule has 0 aromatic heterocycles. The Bertz CT molecular complexity index is 672. The fraction of sp³-hybridized carbons (Fsp3) is 0.636. The molecular weight excluding hydrogens is 338 g/mol. The summed E-state index contributed by atoms with van der Waals surface area (Å²) in [6.45, 7) is 11.0. The Morgan fingerprint density at radius 1 is 0.963 bits per heavy atom. The average molecular weight is 372 g/mol. The van der Waals surface area contributed by atoms with Gasteiger partial charge < -0.3 is 15.1 Å². The Labute approximate surface area is 163 Å². The summed E-state index contributed by atoms with van der Waals surface area (Å²) in [7, 11) is 0. The number of anilines is 1. The number of piperazine rings is 1. The maximum Gasteiger partial charge on any atom is 0.227 e. The van der Waals surface area contributed by atoms with E-state index in [1.807, 2.05) is 23.1 Å². The van der Waals surface area contributed by atoms with Crippen LogP contribution in [-0.2, 0) is 9.59 Å². The van der Waals surface area contributed by atoms with Crippen LogP contribution in [0, 0.1) is 25.7 Å². The highest BCUT2D eigenvalue weighted by Gasteiger charge is 2.33. The van der Waals surface area contributed by atoms with Crippen molar-refractivity contribution in [2.24, 2.45) is 11.8 Å². The summed E-state index contributed by atoms with van der Waals surface area (Å²) < 4.78 is 0. The third kappa shape index (κ3) is 4.89. The average Bonchev–Trinajstić information content (AvgIpc) is 2.70. The minimum Gasteiger partial charge on any atom is -0.340 e. The first-order chi connectivity index (χ1) is 13.0. The summed E-state index contributed by atoms with van der Waals surface area (Å²) >= 11 is 0. The molecule has 2 fully saturated rings. The van der Waals surface area contributed by atoms with Crippen molar-refractivity contribution >= 4 is 17.5 Å². The highest BCUT2D eigenvalue weighted by Crippen LogP contribution is 2.31. The first-order valence-corrected chi connectivity index (χ1v) is 10.4. The molecule has 148 valence electrons. The SMILES string of the molecule is CCN1CCN(C(=O)C2CCC(C(=O)Nc3ccc(C)c(C)c3)CC2)CC1. The van der Waals surface area contributed by atoms with Crippen molar-refractivity contribution in [3.63, 3.8) is 0 Å². The van der Waals surface area contributed by atoms with E-state index in [-0.39, 0.29) is 17.7 Å². The van der Waals surface area contributed by atoms with Gasteiger partial charge in [-0.15, -0.1) is 0 Å². The maximum atomic E-state index is 12.8. The zero-order valence-corrected chi connectivity index (χ0v) is 17.0. The van der Waals surface area contributed by atoms with Gasteiger partial charge >= 0.3 is 0 Å². The second kappa shape index (κ2) is 8.87. The van der Waals surface area contributed by atoms with E-state index in [2.05, 4.69) is 31.0 Å². The van der Waals surface area contributed by atoms with Crippen molar-refractivity contribution in [3.8, 4) is 0 Å². The molecule has 2 amide bonds. The van der Waals surface area contributed by atoms with Gasteiger partial charge in [-0.25, -0.2) is 0 Å². The van der Waals surface area contributed by atoms with E-state index in [1.54, 1.807) is 0 Å². The Balaban J connectivity index is 1.47. The lowest BCUT2D eigenvalue weighted by atomic mass is 9.80. The molecule has 0 atom stereocenters. The molecule has 1 N–H and O–H groups in total. The number of amides is 2. The van der Waals surface area contributed by atoms with Gasteiger partial charge in [-0.1, -0.05) is 13.0 Å². The molecule has 1 saturated carbocycles. The molecule has 1 aromatic carbocycles. The van der Waals surface area contributed by atoms with Crippen LogP contribution < -0.4 is 5.32 Å². The number of carbonyl (C=O) groups is 2. The predicted octanol–water partition coefficient (Wildman–Crippen LogP) is 3.21. The second-order valence-corrected chi connectivity index (χ2v) is 8.10. The summed E-state index contributed by atoms with van der Waals surface area (Å²) in [5, 5.41) is 3.06. The van der Waals surface area contributed by atoms with Crippen molar-refractivity contribution in [2.45, 2.75) is 46.5 Å². The molecule has 27 heavy (non-hydrogen) atoms. The molecule has 1 saturated heterocycles. The number of benzene rings is 1. The second-order valence-electron chi connectivity index (χ2n) is 8.10. The monoisotopic (exact) mass is 371 g/mol. The van der Waals surface area contributed by atoms with E-state index in [9.17, 15) is 9.59 Å². The van der Waals surface area contributed by atoms with Gasteiger partial charge in [0.2, 0.25) is 11.8 Å². The lowest BCUT2D eigenvalue weighted by Gasteiger charge is -2.37. The van der Waals surface area contributed by atoms with Gasteiger partial charge in [-0.2, -0.15) is 0 Å². The lowest BCUT2D eigenvalue weighted by Crippen LogP contribution is -2.50. The minimum atomic E-state index is 0.0209. The number of hydrogen-bond donors (Lipinski definition) is 1. The van der Waals surface area contributed by atoms with Crippen LogP contribution in [0.1, 0.15) is 43.7 Å². The molecule has 1 aromatic rings. The zero-order valence-electron chi connectivity index (χ0n) is 17.0. The Kier molecular flexibility index (Phi) is 6.53. The number of rotatable bonds is 4. The van der Waals surface area contributed by atoms with Crippen molar-refractivity contribution in [2.75, 3.05) is 38.0 Å². The summed E-state index contributed by atoms with van der Waals surface area (Å²) in [6.07, 6.45) is 3.28. The third-order valence-corrected chi connectivity index (χ3v) is 6.35. The Morgan fingerprint density at radius 3 is 2.19 bits per heavy atom. The van der Waals surface area contributed by atoms with Crippen LogP contribution in [0.25, 0.3) is 0 Å². The van der Waals surface area contributed by atoms with E-state index >= 15 is 0 Å². The third-order valence-electron chi connectivity index (χ3n) is 6.35. The molecule has 0 bridgehead atoms. The first-order valence-electron chi connectivity index (χ1n) is 10.4. The summed E-state index contributed by atoms with van der Waals surface area (Å²) in [5.74, 6) is 0.524. The van der Waals surface area contributed by atoms with Crippen LogP contribution in [0.4, 0.5) is 5.69 Å². The number of hydrogen-bond acceptors (Lipinski definition) is 3. The molecule has 1 aliphatic heterocycles. The molecule has 1 aliphatic carbocycles. The summed E-state index contributed by atoms with van der Waals surface area (Å²) in [5.41, 5.74) is 3.28. The molecule has 0 radical (unpaired) electrons. The summed E-state index contributed by atoms with van der Waals surface area (Å²) in [4.78, 5) is 29.8. The van der Waals surface area contributed by atoms with Gasteiger partial charge in [0.15, 0.2) is 0 Å². The fourth-order valence-corrected chi connectivity index (χ4v) is 4.21. The quantitative estimate of drug-likeness (QED) is 0.884. The van der Waals surface area contributed by atoms with Gasteiger partial charge in [0.25, 0.3) is 0 Å². The maximum absolute atomic E-state index is 12.8. The van der Waals surface area contributed by atoms with E-state index in [1.165, 1.54) is 11.1 Å². The van der Waals surface area contributed by atoms with Crippen LogP contribution in [0.3, 0.4) is 0 Å². The van der Waals surface area contributed by atoms with E-state index in [4.69, 9.17) is 0 Å². The predicted molar refractivity (Wildman–Crippen MR) is 109 cm³/mol. The molecule has 0 spiro atoms. The number of carbonyl (C=O) groups excluding carboxylic acids is 2. The van der Waals surface area contributed by atoms with Gasteiger partial charge in [-0.3, -0.25) is 9.59 Å². The van der Waals surface area contributed by atoms with Crippen molar-refractivity contribution in [1.29, 1.82) is 0 Å². The largest absolute Gasteiger partial charge is 0.340 e. The molecule has 3 rings (SSSR count). The van der Waals surface area contributed by atoms with Crippen molar-refractivity contribution < 1.29 is 9.59 Å². The Hall–Kier alpha value is -1.88. The lowest BCUT2D eigenvalue weighted by molar-refractivity contribution is -0.139. The van der Waals surface area contributed by atoms with Gasteiger partial charge in [0.05, 0.1) is 0 Å². The number of nitrogens with one attached hydrogen (secondary N) is 1. The van der Waals surface area contributed by atoms with Gasteiger partial charge in [0, 0.05) is 43.7 Å². The highest BCUT2D eigenvalue weighted by atomic mass is 16.2. The van der Waals surface area contributed by atoms with Crippen molar-refractivity contribution in [3.05, 3.63) is 29.3 Å². The number of nitrogens with zero attached hydrogens (tertiary/aromatic N) is 2. The number of likely N-dealkylation sites (N-methyl/N-ethyl adjacent to an activating group) is 1. The smallest absolute Gasteiger partial charge is 0.227 e. The molecule has 5 nitrogen and oxygen atoms in total. The molecule has 2 aliphatic rings. The first kappa shape index (κ1) is 19.9. The van der Waals surface area contributed by atoms with Gasteiger partial charge in [-0.05, 0) is 69.3 Å². The van der Waals surface area contributed by atoms with Crippen LogP contribution in [0.5, 0.6) is 0 Å². The summed E-state index contributed by atoms with van der Waals surface area (Å²) in [6, 6.07) is 6.03. The standard InChI is InChI=1S/C22H33N3O2/c1-4-24-11-13-25(14-12-24)22(27)19-8-6-18(7-9-19)21(26)23-20-10-5-16(2)17(3)15-20/h5,10,15,18-19H,4,6-9,11-14H2,1-3H3,(H,23,26). The van der Waals surface area contributed by atoms with Gasteiger partial charge in [0.1, 0.15) is 0 Å². The van der Waals surface area contributed by atoms with Crippen molar-refractivity contribution in [1.82, 2.24) is 9.80 Å². The molecular formula is C22H33N3O2. The number of aryl methyl sites for hydroxylation is 2. The van der Waals surface area contributed by atoms with E-state index in [0.29, 0.717) is 5.91 Å². The topological polar surface area (TPSA) is 52.7 Å². The molecule has 0 unspecified atom stereocenters. The zero-order chi connectivity index (χ0) is 19.4. The fourth-order valence-electron chi connectivity index (χ4n) is 4.21. The van der Waals surface area contributed by atoms with Crippen LogP contribution in [-0.4, -0.2) is 54.3 Å². The highest BCUT2D eigenvalue weighted by molar-refractivity contribution is 5.93. The Morgan fingerprint density at radius 2 is 1.59 bits per heavy atom. The van der Waals surface area contributed by atoms with Crippen LogP contribution in [0.2, 0.25) is 0 Å². The minimum absolute atomic E-state index is 0.0209. The molecule has 5 heteroatoms. The van der Waals surface area contributed by atoms with Crippen LogP contribution >= 0.6 is 0 Å².